The second-order valence-electron chi connectivity index (χ2n) is 5.81. The van der Waals surface area contributed by atoms with Gasteiger partial charge in [-0.05, 0) is 37.8 Å². The number of likely N-dealkylation sites (tertiary alicyclic amines) is 1. The average Bonchev–Trinajstić information content (AvgIpc) is 2.94. The summed E-state index contributed by atoms with van der Waals surface area (Å²) in [4.78, 5) is 14.4. The maximum Gasteiger partial charge on any atom is 0.245 e. The quantitative estimate of drug-likeness (QED) is 0.864. The predicted octanol–water partition coefficient (Wildman–Crippen LogP) is 2.42. The molecule has 1 N–H and O–H groups in total. The van der Waals surface area contributed by atoms with Crippen LogP contribution in [0.5, 0.6) is 0 Å². The van der Waals surface area contributed by atoms with Crippen LogP contribution in [-0.2, 0) is 16.1 Å². The highest BCUT2D eigenvalue weighted by atomic mass is 16.5. The van der Waals surface area contributed by atoms with E-state index in [0.717, 1.165) is 44.3 Å². The number of carbonyl (C=O) groups is 1. The van der Waals surface area contributed by atoms with Crippen LogP contribution in [-0.4, -0.2) is 29.4 Å². The molecule has 1 atom stereocenters. The maximum absolute atomic E-state index is 12.4. The van der Waals surface area contributed by atoms with E-state index in [1.54, 1.807) is 0 Å². The first-order valence-electron chi connectivity index (χ1n) is 7.64. The van der Waals surface area contributed by atoms with Crippen molar-refractivity contribution in [3.63, 3.8) is 0 Å². The second kappa shape index (κ2) is 5.80. The van der Waals surface area contributed by atoms with Crippen LogP contribution >= 0.6 is 0 Å². The normalized spacial score (nSPS) is 25.0. The molecule has 21 heavy (non-hydrogen) atoms. The van der Waals surface area contributed by atoms with Crippen LogP contribution in [0.1, 0.15) is 31.2 Å². The molecular weight excluding hydrogens is 264 g/mol. The predicted molar refractivity (Wildman–Crippen MR) is 81.3 cm³/mol. The van der Waals surface area contributed by atoms with Crippen LogP contribution in [0.3, 0.4) is 0 Å². The molecule has 1 unspecified atom stereocenters. The van der Waals surface area contributed by atoms with Crippen LogP contribution in [0.2, 0.25) is 0 Å². The first kappa shape index (κ1) is 14.0. The molecule has 3 rings (SSSR count). The molecule has 2 saturated heterocycles. The molecule has 4 nitrogen and oxygen atoms in total. The van der Waals surface area contributed by atoms with Gasteiger partial charge in [0.15, 0.2) is 5.88 Å². The van der Waals surface area contributed by atoms with Crippen LogP contribution in [0.4, 0.5) is 0 Å². The van der Waals surface area contributed by atoms with Gasteiger partial charge >= 0.3 is 0 Å². The van der Waals surface area contributed by atoms with Gasteiger partial charge in [0, 0.05) is 13.1 Å². The van der Waals surface area contributed by atoms with Gasteiger partial charge in [-0.15, -0.1) is 0 Å². The van der Waals surface area contributed by atoms with Crippen molar-refractivity contribution in [3.05, 3.63) is 48.4 Å². The zero-order valence-corrected chi connectivity index (χ0v) is 12.3. The molecule has 4 heteroatoms. The molecule has 1 spiro atoms. The van der Waals surface area contributed by atoms with Gasteiger partial charge in [0.2, 0.25) is 5.91 Å². The zero-order chi connectivity index (χ0) is 14.7. The Hall–Kier alpha value is -1.97. The summed E-state index contributed by atoms with van der Waals surface area (Å²) in [5.41, 5.74) is 0.687. The molecule has 1 aromatic carbocycles. The Kier molecular flexibility index (Phi) is 3.86. The minimum Gasteiger partial charge on any atom is -0.475 e. The van der Waals surface area contributed by atoms with Crippen molar-refractivity contribution >= 4 is 5.91 Å². The molecule has 1 amide bonds. The Bertz CT molecular complexity index is 529. The van der Waals surface area contributed by atoms with Crippen molar-refractivity contribution in [2.75, 3.05) is 13.1 Å². The molecular formula is C17H22N2O2. The van der Waals surface area contributed by atoms with Crippen LogP contribution in [0.15, 0.2) is 42.8 Å². The highest BCUT2D eigenvalue weighted by Crippen LogP contribution is 2.38. The maximum atomic E-state index is 12.4. The number of ether oxygens (including phenoxy) is 1. The zero-order valence-electron chi connectivity index (χ0n) is 12.3. The third kappa shape index (κ3) is 2.62. The summed E-state index contributed by atoms with van der Waals surface area (Å²) >= 11 is 0. The molecule has 0 saturated carbocycles. The van der Waals surface area contributed by atoms with Gasteiger partial charge < -0.3 is 15.0 Å². The van der Waals surface area contributed by atoms with Gasteiger partial charge in [-0.3, -0.25) is 4.79 Å². The third-order valence-corrected chi connectivity index (χ3v) is 4.51. The molecule has 0 aliphatic carbocycles. The van der Waals surface area contributed by atoms with Gasteiger partial charge in [-0.1, -0.05) is 30.3 Å². The fraction of sp³-hybridized carbons (Fsp3) is 0.471. The van der Waals surface area contributed by atoms with Gasteiger partial charge in [-0.2, -0.15) is 0 Å². The lowest BCUT2D eigenvalue weighted by atomic mass is 9.86. The number of rotatable bonds is 4. The summed E-state index contributed by atoms with van der Waals surface area (Å²) in [6.07, 6.45) is 3.83. The first-order valence-corrected chi connectivity index (χ1v) is 7.64. The van der Waals surface area contributed by atoms with Crippen molar-refractivity contribution in [2.45, 2.75) is 37.8 Å². The number of hydrogen-bond acceptors (Lipinski definition) is 3. The molecule has 2 aliphatic rings. The molecule has 2 fully saturated rings. The summed E-state index contributed by atoms with van der Waals surface area (Å²) < 4.78 is 5.84. The van der Waals surface area contributed by atoms with Gasteiger partial charge in [0.25, 0.3) is 0 Å². The Morgan fingerprint density at radius 2 is 2.05 bits per heavy atom. The highest BCUT2D eigenvalue weighted by Gasteiger charge is 2.49. The van der Waals surface area contributed by atoms with E-state index < -0.39 is 5.54 Å². The number of nitrogens with zero attached hydrogens (tertiary/aromatic N) is 1. The van der Waals surface area contributed by atoms with E-state index in [4.69, 9.17) is 4.74 Å². The number of benzene rings is 1. The third-order valence-electron chi connectivity index (χ3n) is 4.51. The average molecular weight is 286 g/mol. The van der Waals surface area contributed by atoms with E-state index in [1.165, 1.54) is 0 Å². The fourth-order valence-corrected chi connectivity index (χ4v) is 3.42. The summed E-state index contributed by atoms with van der Waals surface area (Å²) in [7, 11) is 0. The van der Waals surface area contributed by atoms with Crippen molar-refractivity contribution in [3.8, 4) is 0 Å². The summed E-state index contributed by atoms with van der Waals surface area (Å²) in [6.45, 7) is 6.19. The lowest BCUT2D eigenvalue weighted by Crippen LogP contribution is -2.58. The lowest BCUT2D eigenvalue weighted by molar-refractivity contribution is -0.135. The molecule has 1 aromatic rings. The first-order chi connectivity index (χ1) is 10.2. The van der Waals surface area contributed by atoms with Crippen molar-refractivity contribution in [1.82, 2.24) is 10.2 Å². The Balaban J connectivity index is 1.67. The Morgan fingerprint density at radius 3 is 2.81 bits per heavy atom. The second-order valence-corrected chi connectivity index (χ2v) is 5.81. The Morgan fingerprint density at radius 1 is 1.29 bits per heavy atom. The van der Waals surface area contributed by atoms with Crippen molar-refractivity contribution in [1.29, 1.82) is 0 Å². The van der Waals surface area contributed by atoms with E-state index in [-0.39, 0.29) is 5.91 Å². The molecule has 0 aromatic heterocycles. The summed E-state index contributed by atoms with van der Waals surface area (Å²) in [5, 5.41) is 3.00. The summed E-state index contributed by atoms with van der Waals surface area (Å²) in [6, 6.07) is 10.0. The van der Waals surface area contributed by atoms with Crippen LogP contribution in [0, 0.1) is 0 Å². The lowest BCUT2D eigenvalue weighted by Gasteiger charge is -2.41. The molecule has 112 valence electrons. The largest absolute Gasteiger partial charge is 0.475 e. The minimum atomic E-state index is -0.425. The number of hydrogen-bond donors (Lipinski definition) is 1. The van der Waals surface area contributed by atoms with E-state index in [9.17, 15) is 4.79 Å². The van der Waals surface area contributed by atoms with E-state index in [0.29, 0.717) is 12.5 Å². The molecule has 0 radical (unpaired) electrons. The monoisotopic (exact) mass is 286 g/mol. The number of amides is 1. The fourth-order valence-electron chi connectivity index (χ4n) is 3.42. The number of nitrogens with one attached hydrogen (secondary N) is 1. The van der Waals surface area contributed by atoms with Crippen LogP contribution < -0.4 is 5.32 Å². The molecule has 2 heterocycles. The highest BCUT2D eigenvalue weighted by molar-refractivity contribution is 5.87. The van der Waals surface area contributed by atoms with E-state index in [2.05, 4.69) is 16.8 Å². The standard InChI is InChI=1S/C17H22N2O2/c1-14(21-13-15-7-3-2-4-8-15)19-12-6-10-17(19)9-5-11-18-16(17)20/h2-4,7-8H,1,5-6,9-13H2,(H,18,20). The Labute approximate surface area is 125 Å². The SMILES string of the molecule is C=C(OCc1ccccc1)N1CCCC12CCCNC2=O. The van der Waals surface area contributed by atoms with Gasteiger partial charge in [0.05, 0.1) is 0 Å². The van der Waals surface area contributed by atoms with Crippen LogP contribution in [0.25, 0.3) is 0 Å². The van der Waals surface area contributed by atoms with E-state index in [1.807, 2.05) is 30.3 Å². The molecule has 0 bridgehead atoms. The van der Waals surface area contributed by atoms with Gasteiger partial charge in [-0.25, -0.2) is 0 Å². The van der Waals surface area contributed by atoms with Gasteiger partial charge in [0.1, 0.15) is 12.1 Å². The number of piperidine rings is 1. The number of carbonyl (C=O) groups excluding carboxylic acids is 1. The summed E-state index contributed by atoms with van der Waals surface area (Å²) in [5.74, 6) is 0.754. The smallest absolute Gasteiger partial charge is 0.245 e. The minimum absolute atomic E-state index is 0.135. The van der Waals surface area contributed by atoms with Crippen molar-refractivity contribution < 1.29 is 9.53 Å². The molecule has 2 aliphatic heterocycles. The van der Waals surface area contributed by atoms with Crippen molar-refractivity contribution in [2.24, 2.45) is 0 Å². The topological polar surface area (TPSA) is 41.6 Å². The van der Waals surface area contributed by atoms with E-state index >= 15 is 0 Å².